The fraction of sp³-hybridized carbons (Fsp3) is 0.429. The van der Waals surface area contributed by atoms with Crippen LogP contribution in [-0.4, -0.2) is 35.1 Å². The van der Waals surface area contributed by atoms with Gasteiger partial charge in [-0.3, -0.25) is 4.79 Å². The summed E-state index contributed by atoms with van der Waals surface area (Å²) in [5.74, 6) is -0.733. The van der Waals surface area contributed by atoms with Crippen molar-refractivity contribution in [2.45, 2.75) is 19.3 Å². The van der Waals surface area contributed by atoms with E-state index >= 15 is 0 Å². The molecule has 1 saturated heterocycles. The van der Waals surface area contributed by atoms with Gasteiger partial charge in [-0.1, -0.05) is 18.2 Å². The van der Waals surface area contributed by atoms with Gasteiger partial charge in [0.05, 0.1) is 0 Å². The normalized spacial score (nSPS) is 18.9. The van der Waals surface area contributed by atoms with Crippen molar-refractivity contribution in [1.29, 1.82) is 0 Å². The number of amides is 2. The molecular formula is C14H18N2O3. The summed E-state index contributed by atoms with van der Waals surface area (Å²) in [6, 6.07) is 9.12. The number of hydrogen-bond donors (Lipinski definition) is 2. The lowest BCUT2D eigenvalue weighted by atomic mass is 9.95. The third kappa shape index (κ3) is 3.98. The highest BCUT2D eigenvalue weighted by Gasteiger charge is 2.25. The number of hydrogen-bond acceptors (Lipinski definition) is 2. The van der Waals surface area contributed by atoms with E-state index in [4.69, 9.17) is 5.11 Å². The first kappa shape index (κ1) is 13.4. The van der Waals surface area contributed by atoms with Crippen LogP contribution in [-0.2, 0) is 4.79 Å². The summed E-state index contributed by atoms with van der Waals surface area (Å²) in [5.41, 5.74) is 0.757. The maximum Gasteiger partial charge on any atom is 0.321 e. The summed E-state index contributed by atoms with van der Waals surface area (Å²) in [6.07, 6.45) is 1.87. The molecule has 0 aromatic heterocycles. The quantitative estimate of drug-likeness (QED) is 0.878. The molecule has 1 aliphatic heterocycles. The van der Waals surface area contributed by atoms with Gasteiger partial charge in [-0.25, -0.2) is 4.79 Å². The lowest BCUT2D eigenvalue weighted by Gasteiger charge is -2.32. The second-order valence-electron chi connectivity index (χ2n) is 4.85. The zero-order valence-corrected chi connectivity index (χ0v) is 10.7. The number of likely N-dealkylation sites (tertiary alicyclic amines) is 1. The molecule has 5 heteroatoms. The number of anilines is 1. The van der Waals surface area contributed by atoms with E-state index in [1.165, 1.54) is 0 Å². The molecule has 0 saturated carbocycles. The van der Waals surface area contributed by atoms with Crippen LogP contribution >= 0.6 is 0 Å². The lowest BCUT2D eigenvalue weighted by Crippen LogP contribution is -2.42. The van der Waals surface area contributed by atoms with Crippen LogP contribution in [0, 0.1) is 5.92 Å². The molecular weight excluding hydrogens is 244 g/mol. The Kier molecular flexibility index (Phi) is 4.39. The van der Waals surface area contributed by atoms with Crippen LogP contribution < -0.4 is 5.32 Å². The van der Waals surface area contributed by atoms with E-state index in [0.717, 1.165) is 18.5 Å². The summed E-state index contributed by atoms with van der Waals surface area (Å²) < 4.78 is 0. The van der Waals surface area contributed by atoms with Crippen LogP contribution in [0.3, 0.4) is 0 Å². The first-order valence-electron chi connectivity index (χ1n) is 6.48. The summed E-state index contributed by atoms with van der Waals surface area (Å²) in [5, 5.41) is 11.6. The minimum absolute atomic E-state index is 0.0628. The van der Waals surface area contributed by atoms with Gasteiger partial charge in [-0.15, -0.1) is 0 Å². The molecule has 102 valence electrons. The topological polar surface area (TPSA) is 69.6 Å². The Morgan fingerprint density at radius 2 is 2.05 bits per heavy atom. The minimum atomic E-state index is -0.796. The van der Waals surface area contributed by atoms with Crippen molar-refractivity contribution in [1.82, 2.24) is 4.90 Å². The molecule has 19 heavy (non-hydrogen) atoms. The number of benzene rings is 1. The fourth-order valence-electron chi connectivity index (χ4n) is 2.39. The van der Waals surface area contributed by atoms with Crippen molar-refractivity contribution < 1.29 is 14.7 Å². The fourth-order valence-corrected chi connectivity index (χ4v) is 2.39. The number of piperidine rings is 1. The van der Waals surface area contributed by atoms with E-state index in [2.05, 4.69) is 5.32 Å². The molecule has 1 fully saturated rings. The van der Waals surface area contributed by atoms with Gasteiger partial charge < -0.3 is 15.3 Å². The molecule has 5 nitrogen and oxygen atoms in total. The van der Waals surface area contributed by atoms with Crippen molar-refractivity contribution in [3.8, 4) is 0 Å². The van der Waals surface area contributed by atoms with Crippen LogP contribution in [0.4, 0.5) is 10.5 Å². The van der Waals surface area contributed by atoms with E-state index in [-0.39, 0.29) is 18.4 Å². The third-order valence-electron chi connectivity index (χ3n) is 3.29. The van der Waals surface area contributed by atoms with Crippen molar-refractivity contribution in [3.63, 3.8) is 0 Å². The first-order valence-corrected chi connectivity index (χ1v) is 6.48. The number of carbonyl (C=O) groups excluding carboxylic acids is 1. The van der Waals surface area contributed by atoms with Gasteiger partial charge in [0.25, 0.3) is 0 Å². The Balaban J connectivity index is 1.90. The standard InChI is InChI=1S/C14H18N2O3/c17-13(18)9-11-5-4-8-16(10-11)14(19)15-12-6-2-1-3-7-12/h1-3,6-7,11H,4-5,8-10H2,(H,15,19)(H,17,18). The zero-order valence-electron chi connectivity index (χ0n) is 10.7. The number of carboxylic acid groups (broad SMARTS) is 1. The Labute approximate surface area is 112 Å². The second kappa shape index (κ2) is 6.22. The van der Waals surface area contributed by atoms with Gasteiger partial charge in [0.2, 0.25) is 0 Å². The Bertz CT molecular complexity index is 447. The number of nitrogens with one attached hydrogen (secondary N) is 1. The monoisotopic (exact) mass is 262 g/mol. The molecule has 1 aromatic rings. The average molecular weight is 262 g/mol. The van der Waals surface area contributed by atoms with Gasteiger partial charge in [0, 0.05) is 25.2 Å². The van der Waals surface area contributed by atoms with E-state index in [1.807, 2.05) is 30.3 Å². The number of aliphatic carboxylic acids is 1. The summed E-state index contributed by atoms with van der Waals surface area (Å²) in [6.45, 7) is 1.21. The molecule has 2 rings (SSSR count). The van der Waals surface area contributed by atoms with Crippen LogP contribution in [0.2, 0.25) is 0 Å². The molecule has 0 radical (unpaired) electrons. The molecule has 1 heterocycles. The van der Waals surface area contributed by atoms with Gasteiger partial charge in [-0.2, -0.15) is 0 Å². The Hall–Kier alpha value is -2.04. The molecule has 0 aliphatic carbocycles. The maximum absolute atomic E-state index is 12.1. The van der Waals surface area contributed by atoms with Crippen LogP contribution in [0.25, 0.3) is 0 Å². The number of nitrogens with zero attached hydrogens (tertiary/aromatic N) is 1. The maximum atomic E-state index is 12.1. The minimum Gasteiger partial charge on any atom is -0.481 e. The van der Waals surface area contributed by atoms with Crippen molar-refractivity contribution in [2.75, 3.05) is 18.4 Å². The van der Waals surface area contributed by atoms with Crippen LogP contribution in [0.15, 0.2) is 30.3 Å². The summed E-state index contributed by atoms with van der Waals surface area (Å²) in [7, 11) is 0. The van der Waals surface area contributed by atoms with Gasteiger partial charge in [-0.05, 0) is 30.9 Å². The predicted molar refractivity (Wildman–Crippen MR) is 72.0 cm³/mol. The number of urea groups is 1. The highest BCUT2D eigenvalue weighted by atomic mass is 16.4. The second-order valence-corrected chi connectivity index (χ2v) is 4.85. The summed E-state index contributed by atoms with van der Waals surface area (Å²) >= 11 is 0. The molecule has 1 unspecified atom stereocenters. The van der Waals surface area contributed by atoms with Gasteiger partial charge >= 0.3 is 12.0 Å². The van der Waals surface area contributed by atoms with Crippen molar-refractivity contribution in [3.05, 3.63) is 30.3 Å². The lowest BCUT2D eigenvalue weighted by molar-refractivity contribution is -0.138. The number of para-hydroxylation sites is 1. The smallest absolute Gasteiger partial charge is 0.321 e. The van der Waals surface area contributed by atoms with Gasteiger partial charge in [0.1, 0.15) is 0 Å². The Morgan fingerprint density at radius 3 is 2.74 bits per heavy atom. The van der Waals surface area contributed by atoms with E-state index < -0.39 is 5.97 Å². The molecule has 2 N–H and O–H groups in total. The predicted octanol–water partition coefficient (Wildman–Crippen LogP) is 2.41. The van der Waals surface area contributed by atoms with E-state index in [0.29, 0.717) is 13.1 Å². The molecule has 1 aliphatic rings. The highest BCUT2D eigenvalue weighted by Crippen LogP contribution is 2.20. The van der Waals surface area contributed by atoms with Crippen molar-refractivity contribution >= 4 is 17.7 Å². The Morgan fingerprint density at radius 1 is 1.32 bits per heavy atom. The van der Waals surface area contributed by atoms with Crippen LogP contribution in [0.1, 0.15) is 19.3 Å². The van der Waals surface area contributed by atoms with Gasteiger partial charge in [0.15, 0.2) is 0 Å². The highest BCUT2D eigenvalue weighted by molar-refractivity contribution is 5.89. The number of carbonyl (C=O) groups is 2. The first-order chi connectivity index (χ1) is 9.15. The SMILES string of the molecule is O=C(O)CC1CCCN(C(=O)Nc2ccccc2)C1. The zero-order chi connectivity index (χ0) is 13.7. The summed E-state index contributed by atoms with van der Waals surface area (Å²) in [4.78, 5) is 24.5. The third-order valence-corrected chi connectivity index (χ3v) is 3.29. The molecule has 1 aromatic carbocycles. The average Bonchev–Trinajstić information content (AvgIpc) is 2.39. The molecule has 1 atom stereocenters. The van der Waals surface area contributed by atoms with E-state index in [1.54, 1.807) is 4.90 Å². The van der Waals surface area contributed by atoms with Crippen LogP contribution in [0.5, 0.6) is 0 Å². The number of carboxylic acids is 1. The molecule has 0 spiro atoms. The molecule has 0 bridgehead atoms. The van der Waals surface area contributed by atoms with Crippen molar-refractivity contribution in [2.24, 2.45) is 5.92 Å². The molecule has 2 amide bonds. The number of rotatable bonds is 3. The largest absolute Gasteiger partial charge is 0.481 e. The van der Waals surface area contributed by atoms with E-state index in [9.17, 15) is 9.59 Å².